The molecule has 5 atom stereocenters. The van der Waals surface area contributed by atoms with Crippen LogP contribution < -0.4 is 26.6 Å². The van der Waals surface area contributed by atoms with E-state index in [1.807, 2.05) is 41.5 Å². The number of carbonyl (C=O) groups excluding carboxylic acids is 5. The number of rotatable bonds is 19. The summed E-state index contributed by atoms with van der Waals surface area (Å²) >= 11 is 0. The van der Waals surface area contributed by atoms with E-state index in [0.717, 1.165) is 6.42 Å². The lowest BCUT2D eigenvalue weighted by atomic mass is 9.95. The molecule has 0 aromatic carbocycles. The molecule has 11 nitrogen and oxygen atoms in total. The molecule has 0 aliphatic heterocycles. The van der Waals surface area contributed by atoms with E-state index < -0.39 is 48.0 Å². The van der Waals surface area contributed by atoms with Crippen molar-refractivity contribution in [1.29, 1.82) is 0 Å². The average Bonchev–Trinajstić information content (AvgIpc) is 2.83. The van der Waals surface area contributed by atoms with Crippen LogP contribution in [0.5, 0.6) is 0 Å². The molecule has 42 heavy (non-hydrogen) atoms. The van der Waals surface area contributed by atoms with Crippen LogP contribution in [0, 0.1) is 29.6 Å². The van der Waals surface area contributed by atoms with E-state index in [1.165, 1.54) is 0 Å². The lowest BCUT2D eigenvalue weighted by molar-refractivity contribution is -0.134. The van der Waals surface area contributed by atoms with Crippen LogP contribution >= 0.6 is 0 Å². The van der Waals surface area contributed by atoms with Crippen molar-refractivity contribution in [3.8, 4) is 0 Å². The number of hydrogen-bond acceptors (Lipinski definition) is 6. The summed E-state index contributed by atoms with van der Waals surface area (Å²) in [6.07, 6.45) is -0.0184. The predicted molar refractivity (Wildman–Crippen MR) is 165 cm³/mol. The molecule has 0 spiro atoms. The van der Waals surface area contributed by atoms with Gasteiger partial charge in [-0.05, 0) is 49.4 Å². The molecular weight excluding hydrogens is 538 g/mol. The summed E-state index contributed by atoms with van der Waals surface area (Å²) in [4.78, 5) is 63.9. The lowest BCUT2D eigenvalue weighted by Gasteiger charge is -2.31. The van der Waals surface area contributed by atoms with Crippen molar-refractivity contribution >= 4 is 29.5 Å². The third-order valence-electron chi connectivity index (χ3n) is 6.81. The van der Waals surface area contributed by atoms with Crippen LogP contribution in [-0.2, 0) is 24.0 Å². The Labute approximate surface area is 253 Å². The van der Waals surface area contributed by atoms with Crippen molar-refractivity contribution in [2.45, 2.75) is 132 Å². The van der Waals surface area contributed by atoms with Gasteiger partial charge < -0.3 is 31.7 Å². The maximum Gasteiger partial charge on any atom is 0.243 e. The van der Waals surface area contributed by atoms with Gasteiger partial charge in [-0.1, -0.05) is 69.2 Å². The molecule has 0 aliphatic carbocycles. The summed E-state index contributed by atoms with van der Waals surface area (Å²) in [6.45, 7) is 21.1. The summed E-state index contributed by atoms with van der Waals surface area (Å²) in [5.74, 6) is -1.82. The maximum atomic E-state index is 13.4. The molecule has 0 heterocycles. The highest BCUT2D eigenvalue weighted by Crippen LogP contribution is 2.14. The zero-order valence-corrected chi connectivity index (χ0v) is 27.8. The average molecular weight is 598 g/mol. The highest BCUT2D eigenvalue weighted by atomic mass is 16.3. The minimum Gasteiger partial charge on any atom is -0.390 e. The zero-order chi connectivity index (χ0) is 32.7. The van der Waals surface area contributed by atoms with Crippen molar-refractivity contribution in [2.75, 3.05) is 6.54 Å². The summed E-state index contributed by atoms with van der Waals surface area (Å²) in [6, 6.07) is -3.27. The molecule has 0 saturated heterocycles. The molecule has 0 saturated carbocycles. The Kier molecular flexibility index (Phi) is 18.2. The number of amides is 5. The molecule has 0 aliphatic rings. The first-order valence-electron chi connectivity index (χ1n) is 15.5. The van der Waals surface area contributed by atoms with Crippen LogP contribution in [0.1, 0.15) is 102 Å². The summed E-state index contributed by atoms with van der Waals surface area (Å²) in [5, 5.41) is 24.8. The Bertz CT molecular complexity index is 874. The molecule has 244 valence electrons. The van der Waals surface area contributed by atoms with Gasteiger partial charge in [0.1, 0.15) is 18.1 Å². The van der Waals surface area contributed by atoms with Crippen LogP contribution in [0.15, 0.2) is 0 Å². The van der Waals surface area contributed by atoms with E-state index >= 15 is 0 Å². The van der Waals surface area contributed by atoms with Crippen molar-refractivity contribution in [1.82, 2.24) is 26.6 Å². The second-order valence-corrected chi connectivity index (χ2v) is 13.4. The maximum absolute atomic E-state index is 13.4. The van der Waals surface area contributed by atoms with Crippen molar-refractivity contribution in [3.05, 3.63) is 0 Å². The number of aliphatic hydroxyl groups is 1. The fraction of sp³-hybridized carbons (Fsp3) is 0.839. The molecule has 5 amide bonds. The third-order valence-corrected chi connectivity index (χ3v) is 6.81. The van der Waals surface area contributed by atoms with Crippen LogP contribution in [0.25, 0.3) is 0 Å². The van der Waals surface area contributed by atoms with E-state index in [2.05, 4.69) is 40.4 Å². The number of aliphatic hydroxyl groups excluding tert-OH is 1. The Morgan fingerprint density at radius 2 is 1.07 bits per heavy atom. The van der Waals surface area contributed by atoms with Gasteiger partial charge in [-0.25, -0.2) is 0 Å². The topological polar surface area (TPSA) is 166 Å². The molecule has 0 aromatic rings. The number of nitrogens with one attached hydrogen (secondary N) is 5. The van der Waals surface area contributed by atoms with Gasteiger partial charge in [0.2, 0.25) is 29.5 Å². The van der Waals surface area contributed by atoms with Gasteiger partial charge in [-0.2, -0.15) is 0 Å². The van der Waals surface area contributed by atoms with Gasteiger partial charge in [0, 0.05) is 13.0 Å². The van der Waals surface area contributed by atoms with Crippen molar-refractivity contribution < 1.29 is 29.1 Å². The fourth-order valence-electron chi connectivity index (χ4n) is 4.34. The standard InChI is InChI=1S/C31H59N5O6/c1-17(2)12-13-32-29(40)22(11)33-26(39)16-24(37)23(14-18(3)4)34-30(41)28(21(9)10)36-31(42)27(20(7)8)35-25(38)15-19(5)6/h17-24,27-28,37H,12-16H2,1-11H3,(H,32,40)(H,33,39)(H,34,41)(H,35,38)(H,36,42)/t22-,23-,24-,27-,28+/m1/s1. The van der Waals surface area contributed by atoms with E-state index in [1.54, 1.807) is 20.8 Å². The minimum absolute atomic E-state index is 0.0900. The Hall–Kier alpha value is -2.69. The molecule has 6 N–H and O–H groups in total. The highest BCUT2D eigenvalue weighted by Gasteiger charge is 2.33. The van der Waals surface area contributed by atoms with Gasteiger partial charge in [0.15, 0.2) is 0 Å². The van der Waals surface area contributed by atoms with Crippen molar-refractivity contribution in [3.63, 3.8) is 0 Å². The minimum atomic E-state index is -1.21. The largest absolute Gasteiger partial charge is 0.390 e. The lowest BCUT2D eigenvalue weighted by Crippen LogP contribution is -2.59. The molecular formula is C31H59N5O6. The van der Waals surface area contributed by atoms with Crippen LogP contribution in [0.2, 0.25) is 0 Å². The van der Waals surface area contributed by atoms with Gasteiger partial charge in [-0.15, -0.1) is 0 Å². The molecule has 11 heteroatoms. The van der Waals surface area contributed by atoms with Gasteiger partial charge in [0.25, 0.3) is 0 Å². The SMILES string of the molecule is CC(C)CCNC(=O)[C@@H](C)NC(=O)C[C@@H](O)[C@@H](CC(C)C)NC(=O)[C@@H](NC(=O)[C@H](NC(=O)CC(C)C)C(C)C)C(C)C. The van der Waals surface area contributed by atoms with Crippen LogP contribution in [-0.4, -0.2) is 71.5 Å². The molecule has 0 radical (unpaired) electrons. The zero-order valence-electron chi connectivity index (χ0n) is 27.8. The predicted octanol–water partition coefficient (Wildman–Crippen LogP) is 2.26. The smallest absolute Gasteiger partial charge is 0.243 e. The number of carbonyl (C=O) groups is 5. The summed E-state index contributed by atoms with van der Waals surface area (Å²) in [5.41, 5.74) is 0. The Morgan fingerprint density at radius 3 is 1.55 bits per heavy atom. The van der Waals surface area contributed by atoms with Gasteiger partial charge in [0.05, 0.1) is 18.6 Å². The molecule has 0 rings (SSSR count). The molecule has 0 fully saturated rings. The van der Waals surface area contributed by atoms with Gasteiger partial charge >= 0.3 is 0 Å². The Balaban J connectivity index is 5.43. The highest BCUT2D eigenvalue weighted by molar-refractivity contribution is 5.92. The molecule has 0 aromatic heterocycles. The van der Waals surface area contributed by atoms with Gasteiger partial charge in [-0.3, -0.25) is 24.0 Å². The molecule has 0 bridgehead atoms. The first-order chi connectivity index (χ1) is 19.3. The fourth-order valence-corrected chi connectivity index (χ4v) is 4.34. The Morgan fingerprint density at radius 1 is 0.571 bits per heavy atom. The van der Waals surface area contributed by atoms with E-state index in [4.69, 9.17) is 0 Å². The first-order valence-corrected chi connectivity index (χ1v) is 15.5. The second-order valence-electron chi connectivity index (χ2n) is 13.4. The van der Waals surface area contributed by atoms with E-state index in [9.17, 15) is 29.1 Å². The summed E-state index contributed by atoms with van der Waals surface area (Å²) in [7, 11) is 0. The quantitative estimate of drug-likeness (QED) is 0.134. The monoisotopic (exact) mass is 597 g/mol. The van der Waals surface area contributed by atoms with Crippen LogP contribution in [0.3, 0.4) is 0 Å². The number of hydrogen-bond donors (Lipinski definition) is 6. The molecule has 0 unspecified atom stereocenters. The van der Waals surface area contributed by atoms with E-state index in [-0.39, 0.29) is 48.3 Å². The van der Waals surface area contributed by atoms with Crippen LogP contribution in [0.4, 0.5) is 0 Å². The summed E-state index contributed by atoms with van der Waals surface area (Å²) < 4.78 is 0. The first kappa shape index (κ1) is 39.3. The normalized spacial score (nSPS) is 15.3. The van der Waals surface area contributed by atoms with Crippen molar-refractivity contribution in [2.24, 2.45) is 29.6 Å². The second kappa shape index (κ2) is 19.5. The third kappa shape index (κ3) is 16.1. The van der Waals surface area contributed by atoms with E-state index in [0.29, 0.717) is 18.9 Å².